The van der Waals surface area contributed by atoms with Crippen molar-refractivity contribution in [1.82, 2.24) is 4.98 Å². The fourth-order valence-electron chi connectivity index (χ4n) is 2.12. The quantitative estimate of drug-likeness (QED) is 0.493. The number of azo groups is 1. The molecular weight excluding hydrogens is 318 g/mol. The van der Waals surface area contributed by atoms with E-state index in [0.717, 1.165) is 5.39 Å². The zero-order valence-corrected chi connectivity index (χ0v) is 12.6. The van der Waals surface area contributed by atoms with Gasteiger partial charge in [0.1, 0.15) is 0 Å². The maximum atomic E-state index is 9.74. The molecule has 0 aliphatic heterocycles. The summed E-state index contributed by atoms with van der Waals surface area (Å²) in [5.74, 6) is -1.36. The average Bonchev–Trinajstić information content (AvgIpc) is 2.54. The maximum Gasteiger partial charge on any atom is 0.200 e. The number of aromatic hydroxyl groups is 3. The lowest BCUT2D eigenvalue weighted by atomic mass is 10.2. The van der Waals surface area contributed by atoms with Gasteiger partial charge < -0.3 is 15.3 Å². The van der Waals surface area contributed by atoms with E-state index in [4.69, 9.17) is 11.6 Å². The number of phenolic OH excluding ortho intramolecular Hbond substituents is 3. The van der Waals surface area contributed by atoms with Gasteiger partial charge in [-0.3, -0.25) is 4.98 Å². The molecule has 0 unspecified atom stereocenters. The van der Waals surface area contributed by atoms with Crippen LogP contribution in [0.25, 0.3) is 10.9 Å². The van der Waals surface area contributed by atoms with E-state index in [1.807, 2.05) is 6.07 Å². The first-order chi connectivity index (χ1) is 11.1. The standard InChI is InChI=1S/C16H12ClN3O3/c17-10-2-3-11-12(5-6-18-13(11)7-10)20-19-8-9-1-4-14(21)16(23)15(9)22/h1-7,21-23H,8H2. The molecule has 0 fully saturated rings. The van der Waals surface area contributed by atoms with Crippen molar-refractivity contribution in [2.24, 2.45) is 10.2 Å². The molecule has 6 nitrogen and oxygen atoms in total. The van der Waals surface area contributed by atoms with E-state index in [2.05, 4.69) is 15.2 Å². The first-order valence-electron chi connectivity index (χ1n) is 6.71. The molecule has 1 aromatic heterocycles. The Bertz CT molecular complexity index is 912. The van der Waals surface area contributed by atoms with E-state index in [9.17, 15) is 15.3 Å². The van der Waals surface area contributed by atoms with Crippen molar-refractivity contribution in [1.29, 1.82) is 0 Å². The van der Waals surface area contributed by atoms with E-state index < -0.39 is 11.5 Å². The topological polar surface area (TPSA) is 98.3 Å². The van der Waals surface area contributed by atoms with Gasteiger partial charge in [-0.2, -0.15) is 10.2 Å². The number of aromatic nitrogens is 1. The third-order valence-electron chi connectivity index (χ3n) is 3.31. The molecule has 0 saturated heterocycles. The van der Waals surface area contributed by atoms with Crippen LogP contribution in [0.3, 0.4) is 0 Å². The summed E-state index contributed by atoms with van der Waals surface area (Å²) in [4.78, 5) is 4.22. The Hall–Kier alpha value is -2.86. The predicted molar refractivity (Wildman–Crippen MR) is 86.4 cm³/mol. The zero-order valence-electron chi connectivity index (χ0n) is 11.8. The molecule has 0 radical (unpaired) electrons. The van der Waals surface area contributed by atoms with E-state index in [1.165, 1.54) is 12.1 Å². The smallest absolute Gasteiger partial charge is 0.200 e. The molecule has 116 valence electrons. The van der Waals surface area contributed by atoms with Gasteiger partial charge in [-0.25, -0.2) is 0 Å². The minimum Gasteiger partial charge on any atom is -0.504 e. The van der Waals surface area contributed by atoms with Gasteiger partial charge in [-0.1, -0.05) is 11.6 Å². The van der Waals surface area contributed by atoms with Crippen molar-refractivity contribution in [2.75, 3.05) is 0 Å². The van der Waals surface area contributed by atoms with Gasteiger partial charge in [0.05, 0.1) is 17.7 Å². The number of halogens is 1. The molecule has 23 heavy (non-hydrogen) atoms. The third kappa shape index (κ3) is 3.02. The SMILES string of the molecule is Oc1ccc(CN=Nc2ccnc3cc(Cl)ccc23)c(O)c1O. The van der Waals surface area contributed by atoms with Crippen LogP contribution < -0.4 is 0 Å². The highest BCUT2D eigenvalue weighted by Crippen LogP contribution is 2.37. The van der Waals surface area contributed by atoms with Crippen molar-refractivity contribution in [3.05, 3.63) is 53.2 Å². The highest BCUT2D eigenvalue weighted by atomic mass is 35.5. The molecule has 0 bridgehead atoms. The van der Waals surface area contributed by atoms with E-state index in [1.54, 1.807) is 24.4 Å². The second-order valence-electron chi connectivity index (χ2n) is 4.83. The predicted octanol–water partition coefficient (Wildman–Crippen LogP) is 4.29. The molecule has 3 rings (SSSR count). The highest BCUT2D eigenvalue weighted by molar-refractivity contribution is 6.31. The Kier molecular flexibility index (Phi) is 3.99. The number of nitrogens with zero attached hydrogens (tertiary/aromatic N) is 3. The molecule has 0 saturated carbocycles. The van der Waals surface area contributed by atoms with Crippen molar-refractivity contribution < 1.29 is 15.3 Å². The minimum absolute atomic E-state index is 0.0527. The van der Waals surface area contributed by atoms with E-state index >= 15 is 0 Å². The summed E-state index contributed by atoms with van der Waals surface area (Å²) in [7, 11) is 0. The summed E-state index contributed by atoms with van der Waals surface area (Å²) in [5.41, 5.74) is 1.68. The Morgan fingerprint density at radius 1 is 1.00 bits per heavy atom. The number of benzene rings is 2. The summed E-state index contributed by atoms with van der Waals surface area (Å²) in [6.45, 7) is 0.0527. The van der Waals surface area contributed by atoms with Crippen molar-refractivity contribution in [2.45, 2.75) is 6.54 Å². The number of pyridine rings is 1. The van der Waals surface area contributed by atoms with Crippen LogP contribution in [0.15, 0.2) is 52.8 Å². The molecule has 1 heterocycles. The molecule has 7 heteroatoms. The molecular formula is C16H12ClN3O3. The molecule has 2 aromatic carbocycles. The number of phenols is 3. The van der Waals surface area contributed by atoms with Crippen LogP contribution in [0.2, 0.25) is 5.02 Å². The first kappa shape index (κ1) is 15.1. The normalized spacial score (nSPS) is 11.3. The van der Waals surface area contributed by atoms with Gasteiger partial charge >= 0.3 is 0 Å². The Labute approximate surface area is 136 Å². The molecule has 0 atom stereocenters. The van der Waals surface area contributed by atoms with Crippen molar-refractivity contribution in [3.63, 3.8) is 0 Å². The van der Waals surface area contributed by atoms with Crippen LogP contribution in [0, 0.1) is 0 Å². The Morgan fingerprint density at radius 2 is 1.83 bits per heavy atom. The molecule has 0 spiro atoms. The summed E-state index contributed by atoms with van der Waals surface area (Å²) in [6, 6.07) is 9.75. The van der Waals surface area contributed by atoms with Gasteiger partial charge in [-0.05, 0) is 36.4 Å². The summed E-state index contributed by atoms with van der Waals surface area (Å²) in [5, 5.41) is 38.1. The average molecular weight is 330 g/mol. The zero-order chi connectivity index (χ0) is 16.4. The Morgan fingerprint density at radius 3 is 2.65 bits per heavy atom. The minimum atomic E-state index is -0.568. The van der Waals surface area contributed by atoms with Crippen LogP contribution in [-0.2, 0) is 6.54 Å². The van der Waals surface area contributed by atoms with E-state index in [0.29, 0.717) is 21.8 Å². The number of hydrogen-bond donors (Lipinski definition) is 3. The maximum absolute atomic E-state index is 9.74. The molecule has 0 aliphatic carbocycles. The van der Waals surface area contributed by atoms with Gasteiger partial charge in [-0.15, -0.1) is 0 Å². The van der Waals surface area contributed by atoms with Gasteiger partial charge in [0, 0.05) is 22.2 Å². The van der Waals surface area contributed by atoms with Crippen LogP contribution in [-0.4, -0.2) is 20.3 Å². The monoisotopic (exact) mass is 329 g/mol. The van der Waals surface area contributed by atoms with Crippen LogP contribution >= 0.6 is 11.6 Å². The first-order valence-corrected chi connectivity index (χ1v) is 7.08. The van der Waals surface area contributed by atoms with Gasteiger partial charge in [0.15, 0.2) is 11.5 Å². The van der Waals surface area contributed by atoms with Crippen LogP contribution in [0.1, 0.15) is 5.56 Å². The summed E-state index contributed by atoms with van der Waals surface area (Å²) in [6.07, 6.45) is 1.61. The van der Waals surface area contributed by atoms with Crippen LogP contribution in [0.5, 0.6) is 17.2 Å². The van der Waals surface area contributed by atoms with Crippen molar-refractivity contribution >= 4 is 28.2 Å². The molecule has 0 aliphatic rings. The summed E-state index contributed by atoms with van der Waals surface area (Å²) < 4.78 is 0. The molecule has 0 amide bonds. The number of rotatable bonds is 3. The lowest BCUT2D eigenvalue weighted by molar-refractivity contribution is 0.365. The van der Waals surface area contributed by atoms with E-state index in [-0.39, 0.29) is 12.3 Å². The van der Waals surface area contributed by atoms with Gasteiger partial charge in [0.2, 0.25) is 5.75 Å². The highest BCUT2D eigenvalue weighted by Gasteiger charge is 2.10. The molecule has 3 N–H and O–H groups in total. The largest absolute Gasteiger partial charge is 0.504 e. The fourth-order valence-corrected chi connectivity index (χ4v) is 2.29. The van der Waals surface area contributed by atoms with Gasteiger partial charge in [0.25, 0.3) is 0 Å². The lowest BCUT2D eigenvalue weighted by Gasteiger charge is -2.05. The van der Waals surface area contributed by atoms with Crippen LogP contribution in [0.4, 0.5) is 5.69 Å². The second-order valence-corrected chi connectivity index (χ2v) is 5.27. The number of hydrogen-bond acceptors (Lipinski definition) is 6. The van der Waals surface area contributed by atoms with Crippen molar-refractivity contribution in [3.8, 4) is 17.2 Å². The summed E-state index contributed by atoms with van der Waals surface area (Å²) >= 11 is 5.93. The second kappa shape index (κ2) is 6.10. The number of fused-ring (bicyclic) bond motifs is 1. The lowest BCUT2D eigenvalue weighted by Crippen LogP contribution is -1.83. The third-order valence-corrected chi connectivity index (χ3v) is 3.55. The molecule has 3 aromatic rings. The Balaban J connectivity index is 1.88. The fraction of sp³-hybridized carbons (Fsp3) is 0.0625.